The number of hydrogen-bond acceptors (Lipinski definition) is 3. The number of rotatable bonds is 3. The minimum absolute atomic E-state index is 0.364. The molecule has 0 saturated heterocycles. The molecule has 1 aromatic rings. The van der Waals surface area contributed by atoms with Gasteiger partial charge in [0.2, 0.25) is 0 Å². The standard InChI is InChI=1S/C14H19NO2/c1-16-11-4-5-12(15)14(8-11)17-13-7-9-2-3-10(13)6-9/h4-5,8-10,13H,2-3,6-7,15H2,1H3. The average molecular weight is 233 g/mol. The van der Waals surface area contributed by atoms with Crippen molar-refractivity contribution in [2.45, 2.75) is 31.8 Å². The molecule has 1 aromatic carbocycles. The number of methoxy groups -OCH3 is 1. The Balaban J connectivity index is 1.76. The maximum absolute atomic E-state index is 6.08. The summed E-state index contributed by atoms with van der Waals surface area (Å²) in [7, 11) is 1.66. The summed E-state index contributed by atoms with van der Waals surface area (Å²) in [6.07, 6.45) is 5.61. The molecule has 3 rings (SSSR count). The molecule has 2 N–H and O–H groups in total. The molecule has 0 amide bonds. The van der Waals surface area contributed by atoms with Gasteiger partial charge in [0.05, 0.1) is 12.8 Å². The maximum Gasteiger partial charge on any atom is 0.146 e. The highest BCUT2D eigenvalue weighted by Gasteiger charge is 2.41. The maximum atomic E-state index is 6.08. The number of ether oxygens (including phenoxy) is 2. The first-order valence-corrected chi connectivity index (χ1v) is 6.36. The van der Waals surface area contributed by atoms with E-state index in [-0.39, 0.29) is 0 Å². The zero-order valence-electron chi connectivity index (χ0n) is 10.2. The lowest BCUT2D eigenvalue weighted by Gasteiger charge is -2.24. The molecule has 3 nitrogen and oxygen atoms in total. The van der Waals surface area contributed by atoms with E-state index in [9.17, 15) is 0 Å². The van der Waals surface area contributed by atoms with E-state index in [0.717, 1.165) is 23.3 Å². The van der Waals surface area contributed by atoms with Gasteiger partial charge in [-0.05, 0) is 49.7 Å². The third-order valence-electron chi connectivity index (χ3n) is 4.17. The van der Waals surface area contributed by atoms with E-state index < -0.39 is 0 Å². The smallest absolute Gasteiger partial charge is 0.146 e. The van der Waals surface area contributed by atoms with Crippen molar-refractivity contribution in [1.82, 2.24) is 0 Å². The van der Waals surface area contributed by atoms with E-state index in [1.807, 2.05) is 18.2 Å². The molecule has 0 aliphatic heterocycles. The second-order valence-corrected chi connectivity index (χ2v) is 5.23. The Hall–Kier alpha value is -1.38. The van der Waals surface area contributed by atoms with E-state index in [4.69, 9.17) is 15.2 Å². The largest absolute Gasteiger partial charge is 0.497 e. The van der Waals surface area contributed by atoms with Gasteiger partial charge in [-0.15, -0.1) is 0 Å². The van der Waals surface area contributed by atoms with Crippen LogP contribution in [0, 0.1) is 11.8 Å². The summed E-state index contributed by atoms with van der Waals surface area (Å²) in [6.45, 7) is 0. The van der Waals surface area contributed by atoms with E-state index >= 15 is 0 Å². The first kappa shape index (κ1) is 10.8. The lowest BCUT2D eigenvalue weighted by atomic mass is 9.98. The fraction of sp³-hybridized carbons (Fsp3) is 0.571. The molecular formula is C14H19NO2. The summed E-state index contributed by atoms with van der Waals surface area (Å²) in [5, 5.41) is 0. The van der Waals surface area contributed by atoms with Crippen LogP contribution in [0.3, 0.4) is 0 Å². The third kappa shape index (κ3) is 1.94. The van der Waals surface area contributed by atoms with E-state index in [1.54, 1.807) is 7.11 Å². The fourth-order valence-electron chi connectivity index (χ4n) is 3.24. The van der Waals surface area contributed by atoms with Crippen LogP contribution < -0.4 is 15.2 Å². The van der Waals surface area contributed by atoms with Crippen LogP contribution in [0.15, 0.2) is 18.2 Å². The van der Waals surface area contributed by atoms with Gasteiger partial charge in [0, 0.05) is 6.07 Å². The molecule has 0 heterocycles. The minimum Gasteiger partial charge on any atom is -0.497 e. The van der Waals surface area contributed by atoms with Gasteiger partial charge in [-0.3, -0.25) is 0 Å². The molecule has 3 atom stereocenters. The van der Waals surface area contributed by atoms with Crippen LogP contribution in [0.1, 0.15) is 25.7 Å². The topological polar surface area (TPSA) is 44.5 Å². The lowest BCUT2D eigenvalue weighted by molar-refractivity contribution is 0.139. The highest BCUT2D eigenvalue weighted by molar-refractivity contribution is 5.55. The molecule has 0 spiro atoms. The van der Waals surface area contributed by atoms with Crippen LogP contribution >= 0.6 is 0 Å². The van der Waals surface area contributed by atoms with Crippen molar-refractivity contribution >= 4 is 5.69 Å². The zero-order valence-corrected chi connectivity index (χ0v) is 10.2. The molecule has 2 aliphatic carbocycles. The van der Waals surface area contributed by atoms with E-state index in [2.05, 4.69) is 0 Å². The summed E-state index contributed by atoms with van der Waals surface area (Å²) in [6, 6.07) is 5.60. The molecule has 0 radical (unpaired) electrons. The molecule has 2 fully saturated rings. The normalized spacial score (nSPS) is 30.5. The van der Waals surface area contributed by atoms with Gasteiger partial charge >= 0.3 is 0 Å². The molecule has 2 bridgehead atoms. The Kier molecular flexibility index (Phi) is 2.61. The molecule has 2 aliphatic rings. The predicted octanol–water partition coefficient (Wildman–Crippen LogP) is 2.84. The van der Waals surface area contributed by atoms with Gasteiger partial charge < -0.3 is 15.2 Å². The Morgan fingerprint density at radius 3 is 2.76 bits per heavy atom. The second kappa shape index (κ2) is 4.13. The number of fused-ring (bicyclic) bond motifs is 2. The molecule has 92 valence electrons. The lowest BCUT2D eigenvalue weighted by Crippen LogP contribution is -2.23. The van der Waals surface area contributed by atoms with Gasteiger partial charge in [-0.25, -0.2) is 0 Å². The SMILES string of the molecule is COc1ccc(N)c(OC2CC3CCC2C3)c1. The van der Waals surface area contributed by atoms with Crippen molar-refractivity contribution in [2.24, 2.45) is 11.8 Å². The van der Waals surface area contributed by atoms with Crippen LogP contribution in [-0.4, -0.2) is 13.2 Å². The van der Waals surface area contributed by atoms with Crippen molar-refractivity contribution in [1.29, 1.82) is 0 Å². The highest BCUT2D eigenvalue weighted by Crippen LogP contribution is 2.46. The summed E-state index contributed by atoms with van der Waals surface area (Å²) in [5.74, 6) is 3.21. The molecule has 3 heteroatoms. The Morgan fingerprint density at radius 2 is 2.12 bits per heavy atom. The van der Waals surface area contributed by atoms with Crippen LogP contribution in [0.25, 0.3) is 0 Å². The Bertz CT molecular complexity index is 419. The molecule has 2 saturated carbocycles. The Labute approximate surface area is 102 Å². The van der Waals surface area contributed by atoms with E-state index in [1.165, 1.54) is 25.7 Å². The Morgan fingerprint density at radius 1 is 1.24 bits per heavy atom. The van der Waals surface area contributed by atoms with Crippen molar-refractivity contribution in [3.8, 4) is 11.5 Å². The minimum atomic E-state index is 0.364. The van der Waals surface area contributed by atoms with Gasteiger partial charge in [0.15, 0.2) is 0 Å². The summed E-state index contributed by atoms with van der Waals surface area (Å²) in [4.78, 5) is 0. The van der Waals surface area contributed by atoms with Gasteiger partial charge in [0.25, 0.3) is 0 Å². The molecule has 0 aromatic heterocycles. The predicted molar refractivity (Wildman–Crippen MR) is 67.3 cm³/mol. The third-order valence-corrected chi connectivity index (χ3v) is 4.17. The summed E-state index contributed by atoms with van der Waals surface area (Å²) < 4.78 is 11.3. The first-order valence-electron chi connectivity index (χ1n) is 6.36. The number of benzene rings is 1. The number of nitrogens with two attached hydrogens (primary N) is 1. The molecular weight excluding hydrogens is 214 g/mol. The van der Waals surface area contributed by atoms with E-state index in [0.29, 0.717) is 11.8 Å². The first-order chi connectivity index (χ1) is 8.26. The molecule has 17 heavy (non-hydrogen) atoms. The van der Waals surface area contributed by atoms with Crippen LogP contribution in [0.2, 0.25) is 0 Å². The van der Waals surface area contributed by atoms with Gasteiger partial charge in [-0.2, -0.15) is 0 Å². The summed E-state index contributed by atoms with van der Waals surface area (Å²) >= 11 is 0. The van der Waals surface area contributed by atoms with Crippen LogP contribution in [0.5, 0.6) is 11.5 Å². The highest BCUT2D eigenvalue weighted by atomic mass is 16.5. The van der Waals surface area contributed by atoms with Crippen molar-refractivity contribution in [2.75, 3.05) is 12.8 Å². The number of anilines is 1. The van der Waals surface area contributed by atoms with Crippen LogP contribution in [0.4, 0.5) is 5.69 Å². The number of hydrogen-bond donors (Lipinski definition) is 1. The number of nitrogen functional groups attached to an aromatic ring is 1. The summed E-state index contributed by atoms with van der Waals surface area (Å²) in [5.41, 5.74) is 6.64. The van der Waals surface area contributed by atoms with Crippen LogP contribution in [-0.2, 0) is 0 Å². The van der Waals surface area contributed by atoms with Crippen molar-refractivity contribution in [3.63, 3.8) is 0 Å². The van der Waals surface area contributed by atoms with Crippen molar-refractivity contribution in [3.05, 3.63) is 18.2 Å². The molecule has 3 unspecified atom stereocenters. The zero-order chi connectivity index (χ0) is 11.8. The quantitative estimate of drug-likeness (QED) is 0.816. The average Bonchev–Trinajstić information content (AvgIpc) is 2.94. The fourth-order valence-corrected chi connectivity index (χ4v) is 3.24. The van der Waals surface area contributed by atoms with Gasteiger partial charge in [0.1, 0.15) is 17.6 Å². The van der Waals surface area contributed by atoms with Gasteiger partial charge in [-0.1, -0.05) is 0 Å². The van der Waals surface area contributed by atoms with Crippen molar-refractivity contribution < 1.29 is 9.47 Å². The second-order valence-electron chi connectivity index (χ2n) is 5.23. The monoisotopic (exact) mass is 233 g/mol.